The molecule has 10 heteroatoms. The minimum atomic E-state index is -0.452. The maximum absolute atomic E-state index is 12.3. The van der Waals surface area contributed by atoms with Crippen molar-refractivity contribution < 1.29 is 14.3 Å². The number of esters is 1. The highest BCUT2D eigenvalue weighted by Gasteiger charge is 2.44. The fourth-order valence-corrected chi connectivity index (χ4v) is 4.90. The smallest absolute Gasteiger partial charge is 0.311 e. The van der Waals surface area contributed by atoms with Gasteiger partial charge in [0.25, 0.3) is 0 Å². The van der Waals surface area contributed by atoms with Gasteiger partial charge in [-0.15, -0.1) is 11.8 Å². The number of carbonyl (C=O) groups is 1. The number of thioether (sulfide) groups is 1. The van der Waals surface area contributed by atoms with Gasteiger partial charge in [-0.05, 0) is 18.8 Å². The van der Waals surface area contributed by atoms with Crippen molar-refractivity contribution in [1.29, 1.82) is 0 Å². The molecule has 1 saturated heterocycles. The number of thiazole rings is 1. The molecule has 0 bridgehead atoms. The summed E-state index contributed by atoms with van der Waals surface area (Å²) in [5, 5.41) is 0. The Kier molecular flexibility index (Phi) is 3.97. The summed E-state index contributed by atoms with van der Waals surface area (Å²) in [6.07, 6.45) is 2.90. The Hall–Kier alpha value is -1.65. The summed E-state index contributed by atoms with van der Waals surface area (Å²) >= 11 is 2.62. The van der Waals surface area contributed by atoms with Gasteiger partial charge < -0.3 is 15.2 Å². The second-order valence-corrected chi connectivity index (χ2v) is 7.98. The summed E-state index contributed by atoms with van der Waals surface area (Å²) in [5.74, 6) is 0.745. The number of ether oxygens (including phenoxy) is 2. The molecule has 2 N–H and O–H groups in total. The predicted octanol–water partition coefficient (Wildman–Crippen LogP) is 1.37. The maximum Gasteiger partial charge on any atom is 0.311 e. The largest absolute Gasteiger partial charge is 0.459 e. The van der Waals surface area contributed by atoms with E-state index in [0.29, 0.717) is 22.0 Å². The molecule has 0 amide bonds. The van der Waals surface area contributed by atoms with Crippen LogP contribution in [0, 0.1) is 5.92 Å². The second-order valence-electron chi connectivity index (χ2n) is 5.86. The molecule has 0 aromatic carbocycles. The summed E-state index contributed by atoms with van der Waals surface area (Å²) in [4.78, 5) is 31.6. The van der Waals surface area contributed by atoms with Crippen LogP contribution in [0.25, 0.3) is 10.3 Å². The lowest BCUT2D eigenvalue weighted by atomic mass is 10.2. The number of nitrogen functional groups attached to an aromatic ring is 1. The molecule has 1 unspecified atom stereocenters. The number of hydrogen-bond acceptors (Lipinski definition) is 9. The van der Waals surface area contributed by atoms with E-state index in [0.717, 1.165) is 24.2 Å². The van der Waals surface area contributed by atoms with Crippen LogP contribution in [0.5, 0.6) is 0 Å². The Labute approximate surface area is 145 Å². The normalized spacial score (nSPS) is 25.0. The van der Waals surface area contributed by atoms with Crippen LogP contribution in [0.2, 0.25) is 0 Å². The van der Waals surface area contributed by atoms with Crippen LogP contribution in [-0.4, -0.2) is 37.8 Å². The highest BCUT2D eigenvalue weighted by molar-refractivity contribution is 8.00. The molecule has 3 heterocycles. The molecule has 1 aliphatic heterocycles. The Balaban J connectivity index is 1.61. The monoisotopic (exact) mass is 368 g/mol. The zero-order valence-corrected chi connectivity index (χ0v) is 14.5. The third-order valence-corrected chi connectivity index (χ3v) is 6.08. The summed E-state index contributed by atoms with van der Waals surface area (Å²) in [5.41, 5.74) is 5.86. The molecule has 0 spiro atoms. The number of hydrogen-bond donors (Lipinski definition) is 1. The topological polar surface area (TPSA) is 109 Å². The molecule has 128 valence electrons. The van der Waals surface area contributed by atoms with E-state index in [1.165, 1.54) is 11.5 Å². The van der Waals surface area contributed by atoms with Gasteiger partial charge in [0.05, 0.1) is 10.9 Å². The molecule has 4 rings (SSSR count). The van der Waals surface area contributed by atoms with Crippen LogP contribution in [0.3, 0.4) is 0 Å². The first-order valence-electron chi connectivity index (χ1n) is 7.61. The lowest BCUT2D eigenvalue weighted by Gasteiger charge is -2.22. The van der Waals surface area contributed by atoms with E-state index in [4.69, 9.17) is 15.2 Å². The van der Waals surface area contributed by atoms with Crippen molar-refractivity contribution in [3.05, 3.63) is 15.9 Å². The molecule has 2 fully saturated rings. The van der Waals surface area contributed by atoms with Gasteiger partial charge >= 0.3 is 10.8 Å². The van der Waals surface area contributed by atoms with Crippen LogP contribution in [0.15, 0.2) is 11.0 Å². The second kappa shape index (κ2) is 6.01. The highest BCUT2D eigenvalue weighted by Crippen LogP contribution is 2.44. The number of rotatable bonds is 4. The number of carbonyl (C=O) groups excluding carboxylic acids is 1. The molecule has 1 aliphatic carbocycles. The first-order valence-corrected chi connectivity index (χ1v) is 9.47. The SMILES string of the molecule is CC(=O)OC(C1CC1)[C@H]1O[C@@H](n2c(=O)sc3cnc(N)nc32)CS1. The van der Waals surface area contributed by atoms with Gasteiger partial charge in [-0.3, -0.25) is 14.2 Å². The Bertz CT molecular complexity index is 847. The van der Waals surface area contributed by atoms with Crippen molar-refractivity contribution >= 4 is 45.4 Å². The average Bonchev–Trinajstić information content (AvgIpc) is 3.16. The van der Waals surface area contributed by atoms with E-state index in [-0.39, 0.29) is 28.3 Å². The Morgan fingerprint density at radius 2 is 2.33 bits per heavy atom. The van der Waals surface area contributed by atoms with Crippen LogP contribution in [0.1, 0.15) is 26.0 Å². The Morgan fingerprint density at radius 1 is 1.54 bits per heavy atom. The molecule has 2 aliphatic rings. The van der Waals surface area contributed by atoms with Gasteiger partial charge in [0, 0.05) is 12.7 Å². The van der Waals surface area contributed by atoms with E-state index in [2.05, 4.69) is 9.97 Å². The van der Waals surface area contributed by atoms with Gasteiger partial charge in [-0.1, -0.05) is 11.3 Å². The van der Waals surface area contributed by atoms with Crippen molar-refractivity contribution in [2.45, 2.75) is 37.5 Å². The van der Waals surface area contributed by atoms with Crippen molar-refractivity contribution in [2.24, 2.45) is 5.92 Å². The van der Waals surface area contributed by atoms with E-state index in [1.54, 1.807) is 18.0 Å². The van der Waals surface area contributed by atoms with E-state index in [9.17, 15) is 9.59 Å². The molecule has 2 aromatic rings. The Morgan fingerprint density at radius 3 is 3.04 bits per heavy atom. The summed E-state index contributed by atoms with van der Waals surface area (Å²) in [6, 6.07) is 0. The fourth-order valence-electron chi connectivity index (χ4n) is 2.81. The minimum Gasteiger partial charge on any atom is -0.459 e. The number of nitrogens with zero attached hydrogens (tertiary/aromatic N) is 3. The van der Waals surface area contributed by atoms with Gasteiger partial charge in [0.1, 0.15) is 17.8 Å². The van der Waals surface area contributed by atoms with Gasteiger partial charge in [0.2, 0.25) is 5.95 Å². The van der Waals surface area contributed by atoms with Crippen molar-refractivity contribution in [1.82, 2.24) is 14.5 Å². The van der Waals surface area contributed by atoms with E-state index < -0.39 is 6.23 Å². The summed E-state index contributed by atoms with van der Waals surface area (Å²) < 4.78 is 13.7. The molecular formula is C14H16N4O4S2. The minimum absolute atomic E-state index is 0.118. The van der Waals surface area contributed by atoms with E-state index >= 15 is 0 Å². The summed E-state index contributed by atoms with van der Waals surface area (Å²) in [6.45, 7) is 1.41. The van der Waals surface area contributed by atoms with Crippen molar-refractivity contribution in [3.63, 3.8) is 0 Å². The first-order chi connectivity index (χ1) is 11.5. The molecule has 8 nitrogen and oxygen atoms in total. The average molecular weight is 368 g/mol. The highest BCUT2D eigenvalue weighted by atomic mass is 32.2. The van der Waals surface area contributed by atoms with Gasteiger partial charge in [0.15, 0.2) is 5.65 Å². The maximum atomic E-state index is 12.3. The van der Waals surface area contributed by atoms with Gasteiger partial charge in [-0.25, -0.2) is 4.98 Å². The zero-order chi connectivity index (χ0) is 16.8. The van der Waals surface area contributed by atoms with Gasteiger partial charge in [-0.2, -0.15) is 4.98 Å². The molecule has 0 radical (unpaired) electrons. The van der Waals surface area contributed by atoms with Crippen LogP contribution >= 0.6 is 23.1 Å². The number of fused-ring (bicyclic) bond motifs is 1. The third kappa shape index (κ3) is 2.89. The van der Waals surface area contributed by atoms with Crippen LogP contribution in [-0.2, 0) is 14.3 Å². The zero-order valence-electron chi connectivity index (χ0n) is 12.9. The fraction of sp³-hybridized carbons (Fsp3) is 0.571. The molecular weight excluding hydrogens is 352 g/mol. The molecule has 1 saturated carbocycles. The van der Waals surface area contributed by atoms with Crippen molar-refractivity contribution in [2.75, 3.05) is 11.5 Å². The van der Waals surface area contributed by atoms with E-state index in [1.807, 2.05) is 0 Å². The lowest BCUT2D eigenvalue weighted by Crippen LogP contribution is -2.32. The lowest BCUT2D eigenvalue weighted by molar-refractivity contribution is -0.154. The number of aromatic nitrogens is 3. The molecule has 2 aromatic heterocycles. The predicted molar refractivity (Wildman–Crippen MR) is 90.7 cm³/mol. The summed E-state index contributed by atoms with van der Waals surface area (Å²) in [7, 11) is 0. The number of nitrogens with two attached hydrogens (primary N) is 1. The standard InChI is InChI=1S/C14H16N4O4S2/c1-6(19)21-10(7-2-3-7)12-22-9(5-23-12)18-11-8(24-14(18)20)4-16-13(15)17-11/h4,7,9-10,12H,2-3,5H2,1H3,(H2,15,16,17)/t9-,10?,12+/m1/s1. The molecule has 3 atom stereocenters. The third-order valence-electron chi connectivity index (χ3n) is 4.02. The first kappa shape index (κ1) is 15.9. The molecule has 24 heavy (non-hydrogen) atoms. The van der Waals surface area contributed by atoms with Crippen molar-refractivity contribution in [3.8, 4) is 0 Å². The quantitative estimate of drug-likeness (QED) is 0.806. The van der Waals surface area contributed by atoms with Crippen LogP contribution < -0.4 is 10.6 Å². The number of anilines is 1. The van der Waals surface area contributed by atoms with Crippen LogP contribution in [0.4, 0.5) is 5.95 Å².